The lowest BCUT2D eigenvalue weighted by Crippen LogP contribution is -2.34. The number of aliphatic carboxylic acids is 1. The predicted molar refractivity (Wildman–Crippen MR) is 59.5 cm³/mol. The molecular formula is C11H11N3O4. The van der Waals surface area contributed by atoms with Crippen molar-refractivity contribution in [3.8, 4) is 0 Å². The summed E-state index contributed by atoms with van der Waals surface area (Å²) in [4.78, 5) is 31.8. The van der Waals surface area contributed by atoms with Crippen LogP contribution in [0.25, 0.3) is 0 Å². The van der Waals surface area contributed by atoms with Crippen LogP contribution in [0, 0.1) is 0 Å². The molecule has 0 bridgehead atoms. The van der Waals surface area contributed by atoms with Crippen molar-refractivity contribution in [2.75, 3.05) is 6.61 Å². The fourth-order valence-electron chi connectivity index (χ4n) is 1.80. The van der Waals surface area contributed by atoms with Crippen LogP contribution in [0.3, 0.4) is 0 Å². The summed E-state index contributed by atoms with van der Waals surface area (Å²) < 4.78 is 4.84. The molecule has 0 saturated carbocycles. The summed E-state index contributed by atoms with van der Waals surface area (Å²) >= 11 is 0. The highest BCUT2D eigenvalue weighted by Crippen LogP contribution is 2.32. The smallest absolute Gasteiger partial charge is 0.411 e. The summed E-state index contributed by atoms with van der Waals surface area (Å²) in [5, 5.41) is 9.18. The second kappa shape index (κ2) is 4.82. The standard InChI is InChI=1S/C11H11N3O4/c1-2-3-18-11(17)14-5-8-7(4-12-6-13-8)9(14)10(15)16/h2,4,6,9H,1,3,5H2,(H,15,16). The second-order valence-corrected chi connectivity index (χ2v) is 3.66. The number of rotatable bonds is 3. The van der Waals surface area contributed by atoms with Gasteiger partial charge in [-0.1, -0.05) is 12.7 Å². The molecule has 1 aliphatic rings. The maximum absolute atomic E-state index is 11.7. The zero-order chi connectivity index (χ0) is 13.1. The highest BCUT2D eigenvalue weighted by Gasteiger charge is 2.40. The lowest BCUT2D eigenvalue weighted by Gasteiger charge is -2.20. The number of ether oxygens (including phenoxy) is 1. The van der Waals surface area contributed by atoms with E-state index in [2.05, 4.69) is 16.5 Å². The Bertz CT molecular complexity index is 503. The first-order chi connectivity index (χ1) is 8.65. The van der Waals surface area contributed by atoms with E-state index in [0.29, 0.717) is 11.3 Å². The van der Waals surface area contributed by atoms with E-state index in [1.807, 2.05) is 0 Å². The molecule has 0 radical (unpaired) electrons. The van der Waals surface area contributed by atoms with Crippen molar-refractivity contribution in [2.45, 2.75) is 12.6 Å². The molecule has 7 heteroatoms. The van der Waals surface area contributed by atoms with Crippen molar-refractivity contribution in [3.63, 3.8) is 0 Å². The molecule has 1 aliphatic heterocycles. The number of nitrogens with zero attached hydrogens (tertiary/aromatic N) is 3. The fraction of sp³-hybridized carbons (Fsp3) is 0.273. The first kappa shape index (κ1) is 12.0. The molecule has 0 spiro atoms. The molecule has 1 amide bonds. The van der Waals surface area contributed by atoms with Crippen LogP contribution in [-0.4, -0.2) is 38.6 Å². The molecule has 1 aromatic rings. The molecular weight excluding hydrogens is 238 g/mol. The molecule has 2 heterocycles. The van der Waals surface area contributed by atoms with Gasteiger partial charge in [0.15, 0.2) is 6.04 Å². The van der Waals surface area contributed by atoms with Crippen LogP contribution < -0.4 is 0 Å². The Kier molecular flexibility index (Phi) is 3.22. The number of carboxylic acid groups (broad SMARTS) is 1. The Hall–Kier alpha value is -2.44. The average Bonchev–Trinajstić information content (AvgIpc) is 2.75. The Balaban J connectivity index is 2.26. The number of carbonyl (C=O) groups excluding carboxylic acids is 1. The molecule has 0 saturated heterocycles. The zero-order valence-corrected chi connectivity index (χ0v) is 9.44. The summed E-state index contributed by atoms with van der Waals surface area (Å²) in [6, 6.07) is -1.10. The summed E-state index contributed by atoms with van der Waals surface area (Å²) in [6.45, 7) is 3.55. The SMILES string of the molecule is C=CCOC(=O)N1Cc2ncncc2C1C(=O)O. The molecule has 1 unspecified atom stereocenters. The predicted octanol–water partition coefficient (Wildman–Crippen LogP) is 0.740. The van der Waals surface area contributed by atoms with E-state index in [0.717, 1.165) is 4.90 Å². The quantitative estimate of drug-likeness (QED) is 0.794. The molecule has 0 fully saturated rings. The van der Waals surface area contributed by atoms with Crippen LogP contribution >= 0.6 is 0 Å². The van der Waals surface area contributed by atoms with Crippen LogP contribution in [0.1, 0.15) is 17.3 Å². The van der Waals surface area contributed by atoms with Crippen LogP contribution in [0.4, 0.5) is 4.79 Å². The molecule has 1 atom stereocenters. The fourth-order valence-corrected chi connectivity index (χ4v) is 1.80. The van der Waals surface area contributed by atoms with Gasteiger partial charge in [-0.05, 0) is 0 Å². The van der Waals surface area contributed by atoms with Crippen LogP contribution in [0.5, 0.6) is 0 Å². The summed E-state index contributed by atoms with van der Waals surface area (Å²) in [7, 11) is 0. The highest BCUT2D eigenvalue weighted by atomic mass is 16.6. The Labute approximate surface area is 103 Å². The highest BCUT2D eigenvalue weighted by molar-refractivity contribution is 5.83. The normalized spacial score (nSPS) is 17.1. The largest absolute Gasteiger partial charge is 0.479 e. The van der Waals surface area contributed by atoms with E-state index in [9.17, 15) is 14.7 Å². The topological polar surface area (TPSA) is 92.6 Å². The first-order valence-electron chi connectivity index (χ1n) is 5.21. The Morgan fingerprint density at radius 1 is 1.67 bits per heavy atom. The van der Waals surface area contributed by atoms with Crippen LogP contribution in [0.15, 0.2) is 25.2 Å². The van der Waals surface area contributed by atoms with Crippen LogP contribution in [-0.2, 0) is 16.1 Å². The van der Waals surface area contributed by atoms with Gasteiger partial charge < -0.3 is 9.84 Å². The lowest BCUT2D eigenvalue weighted by molar-refractivity contribution is -0.142. The molecule has 7 nitrogen and oxygen atoms in total. The van der Waals surface area contributed by atoms with E-state index < -0.39 is 18.1 Å². The third kappa shape index (κ3) is 2.02. The van der Waals surface area contributed by atoms with Gasteiger partial charge in [0.1, 0.15) is 12.9 Å². The number of hydrogen-bond acceptors (Lipinski definition) is 5. The minimum Gasteiger partial charge on any atom is -0.479 e. The van der Waals surface area contributed by atoms with Crippen molar-refractivity contribution in [1.29, 1.82) is 0 Å². The maximum Gasteiger partial charge on any atom is 0.411 e. The van der Waals surface area contributed by atoms with Gasteiger partial charge in [-0.2, -0.15) is 0 Å². The summed E-state index contributed by atoms with van der Waals surface area (Å²) in [5.74, 6) is -1.14. The van der Waals surface area contributed by atoms with Crippen molar-refractivity contribution in [1.82, 2.24) is 14.9 Å². The zero-order valence-electron chi connectivity index (χ0n) is 9.44. The van der Waals surface area contributed by atoms with Gasteiger partial charge in [-0.25, -0.2) is 19.6 Å². The van der Waals surface area contributed by atoms with Gasteiger partial charge in [-0.3, -0.25) is 4.90 Å². The number of amides is 1. The summed E-state index contributed by atoms with van der Waals surface area (Å²) in [5.41, 5.74) is 0.938. The van der Waals surface area contributed by atoms with E-state index in [4.69, 9.17) is 4.74 Å². The van der Waals surface area contributed by atoms with Gasteiger partial charge in [0.25, 0.3) is 0 Å². The first-order valence-corrected chi connectivity index (χ1v) is 5.21. The molecule has 0 aliphatic carbocycles. The van der Waals surface area contributed by atoms with E-state index in [1.54, 1.807) is 0 Å². The van der Waals surface area contributed by atoms with Crippen LogP contribution in [0.2, 0.25) is 0 Å². The van der Waals surface area contributed by atoms with E-state index >= 15 is 0 Å². The van der Waals surface area contributed by atoms with Crippen molar-refractivity contribution in [3.05, 3.63) is 36.4 Å². The van der Waals surface area contributed by atoms with Gasteiger partial charge >= 0.3 is 12.1 Å². The van der Waals surface area contributed by atoms with Crippen molar-refractivity contribution >= 4 is 12.1 Å². The molecule has 1 aromatic heterocycles. The second-order valence-electron chi connectivity index (χ2n) is 3.66. The van der Waals surface area contributed by atoms with Crippen molar-refractivity contribution < 1.29 is 19.4 Å². The van der Waals surface area contributed by atoms with Gasteiger partial charge in [-0.15, -0.1) is 0 Å². The Morgan fingerprint density at radius 3 is 3.11 bits per heavy atom. The lowest BCUT2D eigenvalue weighted by atomic mass is 10.1. The third-order valence-corrected chi connectivity index (χ3v) is 2.55. The van der Waals surface area contributed by atoms with E-state index in [-0.39, 0.29) is 13.2 Å². The van der Waals surface area contributed by atoms with E-state index in [1.165, 1.54) is 18.6 Å². The number of aromatic nitrogens is 2. The third-order valence-electron chi connectivity index (χ3n) is 2.55. The number of carbonyl (C=O) groups is 2. The van der Waals surface area contributed by atoms with Crippen molar-refractivity contribution in [2.24, 2.45) is 0 Å². The molecule has 2 rings (SSSR count). The minimum absolute atomic E-state index is 0.0314. The number of hydrogen-bond donors (Lipinski definition) is 1. The summed E-state index contributed by atoms with van der Waals surface area (Å²) in [6.07, 6.45) is 3.43. The molecule has 1 N–H and O–H groups in total. The van der Waals surface area contributed by atoms with Gasteiger partial charge in [0.05, 0.1) is 12.2 Å². The maximum atomic E-state index is 11.7. The molecule has 94 valence electrons. The Morgan fingerprint density at radius 2 is 2.44 bits per heavy atom. The molecule has 0 aromatic carbocycles. The average molecular weight is 249 g/mol. The number of carboxylic acids is 1. The van der Waals surface area contributed by atoms with Gasteiger partial charge in [0, 0.05) is 11.8 Å². The molecule has 18 heavy (non-hydrogen) atoms. The monoisotopic (exact) mass is 249 g/mol. The number of fused-ring (bicyclic) bond motifs is 1. The minimum atomic E-state index is -1.14. The van der Waals surface area contributed by atoms with Gasteiger partial charge in [0.2, 0.25) is 0 Å².